The molecular formula is C68H55NO4. The van der Waals surface area contributed by atoms with Crippen molar-refractivity contribution in [2.75, 3.05) is 19.1 Å². The average molecular weight is 950 g/mol. The molecule has 0 saturated carbocycles. The maximum absolute atomic E-state index is 6.73. The number of fused-ring (bicyclic) bond motifs is 20. The van der Waals surface area contributed by atoms with Gasteiger partial charge in [0.05, 0.1) is 19.9 Å². The highest BCUT2D eigenvalue weighted by Gasteiger charge is 2.45. The first-order chi connectivity index (χ1) is 35.1. The molecule has 5 heteroatoms. The smallest absolute Gasteiger partial charge is 0.143 e. The van der Waals surface area contributed by atoms with Crippen molar-refractivity contribution in [2.45, 2.75) is 77.0 Å². The van der Waals surface area contributed by atoms with Crippen LogP contribution in [0.25, 0.3) is 88.4 Å². The van der Waals surface area contributed by atoms with Gasteiger partial charge in [-0.05, 0) is 139 Å². The molecule has 0 amide bonds. The number of rotatable bonds is 5. The third kappa shape index (κ3) is 5.37. The highest BCUT2D eigenvalue weighted by molar-refractivity contribution is 6.13. The van der Waals surface area contributed by atoms with Gasteiger partial charge in [0.1, 0.15) is 33.8 Å². The summed E-state index contributed by atoms with van der Waals surface area (Å²) in [4.78, 5) is 2.39. The summed E-state index contributed by atoms with van der Waals surface area (Å²) >= 11 is 0. The lowest BCUT2D eigenvalue weighted by atomic mass is 9.79. The molecule has 4 aliphatic rings. The van der Waals surface area contributed by atoms with Crippen molar-refractivity contribution in [1.82, 2.24) is 0 Å². The molecule has 0 bridgehead atoms. The number of hydrogen-bond donors (Lipinski definition) is 0. The number of methoxy groups -OCH3 is 2. The van der Waals surface area contributed by atoms with E-state index in [0.29, 0.717) is 0 Å². The van der Waals surface area contributed by atoms with Crippen molar-refractivity contribution in [3.05, 3.63) is 196 Å². The number of para-hydroxylation sites is 2. The van der Waals surface area contributed by atoms with E-state index in [4.69, 9.17) is 18.3 Å². The standard InChI is InChI=1S/C68H55NO4/c1-65(2)51-25-23-45-43-15-11-13-17-59(43)72-63(45)61(51)49-34-55-47(32-57(49)65)41-21-19-36(29-53(41)67(55,5)6)69(38-27-39(70-9)31-40(28-38)71-10)37-20-22-42-48-33-58-50(35-56(48)68(7,8)54(42)30-37)62-52(66(58,3)4)26-24-46-44-16-12-14-18-60(44)73-64(46)62/h11-35H,1-10H3. The van der Waals surface area contributed by atoms with Gasteiger partial charge in [0, 0.05) is 83.9 Å². The lowest BCUT2D eigenvalue weighted by Gasteiger charge is -2.30. The molecule has 0 atom stereocenters. The zero-order valence-corrected chi connectivity index (χ0v) is 43.0. The fourth-order valence-corrected chi connectivity index (χ4v) is 14.1. The lowest BCUT2D eigenvalue weighted by molar-refractivity contribution is 0.394. The quantitative estimate of drug-likeness (QED) is 0.172. The van der Waals surface area contributed by atoms with Crippen LogP contribution in [0.5, 0.6) is 11.5 Å². The highest BCUT2D eigenvalue weighted by atomic mass is 16.5. The molecule has 0 saturated heterocycles. The second-order valence-electron chi connectivity index (χ2n) is 23.2. The molecule has 5 nitrogen and oxygen atoms in total. The summed E-state index contributed by atoms with van der Waals surface area (Å²) in [6.45, 7) is 19.0. The third-order valence-corrected chi connectivity index (χ3v) is 18.0. The first-order valence-electron chi connectivity index (χ1n) is 25.7. The summed E-state index contributed by atoms with van der Waals surface area (Å²) in [6, 6.07) is 56.4. The van der Waals surface area contributed by atoms with E-state index in [1.165, 1.54) is 99.8 Å². The third-order valence-electron chi connectivity index (χ3n) is 18.0. The first-order valence-corrected chi connectivity index (χ1v) is 25.7. The van der Waals surface area contributed by atoms with Crippen molar-refractivity contribution in [3.63, 3.8) is 0 Å². The van der Waals surface area contributed by atoms with Crippen molar-refractivity contribution in [1.29, 1.82) is 0 Å². The molecule has 9 aromatic carbocycles. The van der Waals surface area contributed by atoms with Gasteiger partial charge in [-0.1, -0.05) is 128 Å². The average Bonchev–Trinajstić information content (AvgIpc) is 4.18. The minimum absolute atomic E-state index is 0.204. The van der Waals surface area contributed by atoms with E-state index < -0.39 is 0 Å². The normalized spacial score (nSPS) is 16.2. The Labute approximate surface area is 425 Å². The van der Waals surface area contributed by atoms with Gasteiger partial charge in [-0.3, -0.25) is 0 Å². The Hall–Kier alpha value is -8.02. The van der Waals surface area contributed by atoms with E-state index in [9.17, 15) is 0 Å². The highest BCUT2D eigenvalue weighted by Crippen LogP contribution is 2.61. The number of benzene rings is 9. The number of nitrogens with zero attached hydrogens (tertiary/aromatic N) is 1. The summed E-state index contributed by atoms with van der Waals surface area (Å²) < 4.78 is 25.4. The Kier molecular flexibility index (Phi) is 8.14. The Morgan fingerprint density at radius 3 is 1.15 bits per heavy atom. The van der Waals surface area contributed by atoms with Crippen LogP contribution in [-0.4, -0.2) is 14.2 Å². The van der Waals surface area contributed by atoms with E-state index in [0.717, 1.165) is 61.7 Å². The van der Waals surface area contributed by atoms with E-state index in [-0.39, 0.29) is 21.7 Å². The van der Waals surface area contributed by atoms with E-state index >= 15 is 0 Å². The van der Waals surface area contributed by atoms with E-state index in [2.05, 4.69) is 206 Å². The lowest BCUT2D eigenvalue weighted by Crippen LogP contribution is -2.18. The molecule has 0 N–H and O–H groups in total. The Morgan fingerprint density at radius 2 is 0.712 bits per heavy atom. The summed E-state index contributed by atoms with van der Waals surface area (Å²) in [5, 5.41) is 4.65. The van der Waals surface area contributed by atoms with Crippen LogP contribution in [-0.2, 0) is 21.7 Å². The van der Waals surface area contributed by atoms with Crippen LogP contribution in [0.4, 0.5) is 17.1 Å². The van der Waals surface area contributed by atoms with Gasteiger partial charge < -0.3 is 23.2 Å². The maximum Gasteiger partial charge on any atom is 0.143 e. The molecule has 15 rings (SSSR count). The number of ether oxygens (including phenoxy) is 2. The summed E-state index contributed by atoms with van der Waals surface area (Å²) in [7, 11) is 3.44. The van der Waals surface area contributed by atoms with Gasteiger partial charge in [0.2, 0.25) is 0 Å². The Morgan fingerprint density at radius 1 is 0.329 bits per heavy atom. The first kappa shape index (κ1) is 42.6. The predicted octanol–water partition coefficient (Wildman–Crippen LogP) is 18.2. The van der Waals surface area contributed by atoms with E-state index in [1.54, 1.807) is 14.2 Å². The second-order valence-corrected chi connectivity index (χ2v) is 23.2. The molecular weight excluding hydrogens is 895 g/mol. The molecule has 0 radical (unpaired) electrons. The Balaban J connectivity index is 0.875. The molecule has 0 unspecified atom stereocenters. The van der Waals surface area contributed by atoms with Gasteiger partial charge in [0.15, 0.2) is 0 Å². The summed E-state index contributed by atoms with van der Waals surface area (Å²) in [5.74, 6) is 1.46. The van der Waals surface area contributed by atoms with Crippen LogP contribution in [0, 0.1) is 0 Å². The van der Waals surface area contributed by atoms with Crippen molar-refractivity contribution in [2.24, 2.45) is 0 Å². The van der Waals surface area contributed by atoms with Crippen LogP contribution in [0.1, 0.15) is 99.9 Å². The van der Waals surface area contributed by atoms with Crippen LogP contribution in [0.2, 0.25) is 0 Å². The van der Waals surface area contributed by atoms with Gasteiger partial charge in [0.25, 0.3) is 0 Å². The van der Waals surface area contributed by atoms with Gasteiger partial charge >= 0.3 is 0 Å². The molecule has 2 aromatic heterocycles. The summed E-state index contributed by atoms with van der Waals surface area (Å²) in [6.07, 6.45) is 0. The van der Waals surface area contributed by atoms with Crippen LogP contribution in [0.15, 0.2) is 160 Å². The molecule has 73 heavy (non-hydrogen) atoms. The molecule has 0 spiro atoms. The molecule has 0 fully saturated rings. The van der Waals surface area contributed by atoms with Crippen molar-refractivity contribution >= 4 is 60.9 Å². The van der Waals surface area contributed by atoms with Gasteiger partial charge in [-0.2, -0.15) is 0 Å². The van der Waals surface area contributed by atoms with Crippen molar-refractivity contribution < 1.29 is 18.3 Å². The molecule has 4 aliphatic carbocycles. The Bertz CT molecular complexity index is 4030. The van der Waals surface area contributed by atoms with Gasteiger partial charge in [-0.25, -0.2) is 0 Å². The molecule has 0 aliphatic heterocycles. The van der Waals surface area contributed by atoms with Gasteiger partial charge in [-0.15, -0.1) is 0 Å². The van der Waals surface area contributed by atoms with Crippen LogP contribution in [0.3, 0.4) is 0 Å². The zero-order valence-electron chi connectivity index (χ0n) is 43.0. The SMILES string of the molecule is COc1cc(OC)cc(N(c2ccc3c(c2)C(C)(C)c2cc4c(cc2-3)C(C)(C)c2ccc3c(oc5ccccc53)c2-4)c2ccc3c(c2)C(C)(C)c2cc4c(cc2-3)C(C)(C)c2ccc3c(oc5ccccc53)c2-4)c1. The second kappa shape index (κ2) is 13.9. The summed E-state index contributed by atoms with van der Waals surface area (Å²) in [5.41, 5.74) is 26.6. The largest absolute Gasteiger partial charge is 0.497 e. The number of furan rings is 2. The van der Waals surface area contributed by atoms with Crippen LogP contribution >= 0.6 is 0 Å². The maximum atomic E-state index is 6.73. The minimum atomic E-state index is -0.301. The van der Waals surface area contributed by atoms with Crippen LogP contribution < -0.4 is 14.4 Å². The fraction of sp³-hybridized carbons (Fsp3) is 0.206. The number of hydrogen-bond acceptors (Lipinski definition) is 5. The van der Waals surface area contributed by atoms with Crippen molar-refractivity contribution in [3.8, 4) is 56.0 Å². The predicted molar refractivity (Wildman–Crippen MR) is 299 cm³/mol. The van der Waals surface area contributed by atoms with E-state index in [1.807, 2.05) is 6.07 Å². The monoisotopic (exact) mass is 949 g/mol. The zero-order chi connectivity index (χ0) is 49.8. The molecule has 11 aromatic rings. The minimum Gasteiger partial charge on any atom is -0.497 e. The molecule has 356 valence electrons. The fourth-order valence-electron chi connectivity index (χ4n) is 14.1. The molecule has 2 heterocycles. The topological polar surface area (TPSA) is 48.0 Å². The number of anilines is 3.